The summed E-state index contributed by atoms with van der Waals surface area (Å²) in [6, 6.07) is 5.89. The van der Waals surface area contributed by atoms with Gasteiger partial charge in [-0.05, 0) is 58.5 Å². The lowest BCUT2D eigenvalue weighted by Gasteiger charge is -2.32. The minimum Gasteiger partial charge on any atom is -0.381 e. The van der Waals surface area contributed by atoms with Crippen molar-refractivity contribution in [1.29, 1.82) is 0 Å². The number of hydrogen-bond acceptors (Lipinski definition) is 5. The number of benzene rings is 2. The standard InChI is InChI=1S/C27H32F4N4O2/c1-15(19-4-3-5-20(25(19)29)26(30)31)32-27(36)21-11-24(35-13-18-10-17(35)14-37-18)22(28)12-23(21)33-16-6-8-34(2)9-7-16/h3-5,11-12,15-18,26,33H,6-10,13-14H2,1-2H3,(H,32,36)/t15-,17+,18+/m1/s1. The van der Waals surface area contributed by atoms with Crippen LogP contribution in [-0.4, -0.2) is 62.3 Å². The zero-order chi connectivity index (χ0) is 26.3. The minimum absolute atomic E-state index is 0.0349. The van der Waals surface area contributed by atoms with Crippen LogP contribution in [0.4, 0.5) is 28.9 Å². The molecular weight excluding hydrogens is 488 g/mol. The van der Waals surface area contributed by atoms with Crippen LogP contribution in [0, 0.1) is 11.6 Å². The van der Waals surface area contributed by atoms with Crippen LogP contribution in [0.1, 0.15) is 60.1 Å². The van der Waals surface area contributed by atoms with Crippen LogP contribution in [0.15, 0.2) is 30.3 Å². The number of carbonyl (C=O) groups excluding carboxylic acids is 1. The average molecular weight is 521 g/mol. The van der Waals surface area contributed by atoms with E-state index in [9.17, 15) is 18.0 Å². The van der Waals surface area contributed by atoms with E-state index < -0.39 is 35.6 Å². The Morgan fingerprint density at radius 1 is 1.14 bits per heavy atom. The van der Waals surface area contributed by atoms with Crippen molar-refractivity contribution in [3.63, 3.8) is 0 Å². The molecule has 37 heavy (non-hydrogen) atoms. The van der Waals surface area contributed by atoms with Crippen LogP contribution in [0.5, 0.6) is 0 Å². The number of piperidine rings is 1. The fourth-order valence-corrected chi connectivity index (χ4v) is 5.58. The largest absolute Gasteiger partial charge is 0.381 e. The molecular formula is C27H32F4N4O2. The summed E-state index contributed by atoms with van der Waals surface area (Å²) in [7, 11) is 2.04. The van der Waals surface area contributed by atoms with E-state index in [0.29, 0.717) is 24.5 Å². The number of amides is 1. The normalized spacial score (nSPS) is 23.1. The summed E-state index contributed by atoms with van der Waals surface area (Å²) in [6.45, 7) is 4.36. The van der Waals surface area contributed by atoms with E-state index in [4.69, 9.17) is 4.74 Å². The van der Waals surface area contributed by atoms with Gasteiger partial charge in [0, 0.05) is 18.2 Å². The molecule has 0 aromatic heterocycles. The first-order chi connectivity index (χ1) is 17.7. The van der Waals surface area contributed by atoms with E-state index in [1.54, 1.807) is 6.07 Å². The summed E-state index contributed by atoms with van der Waals surface area (Å²) in [6.07, 6.45) is -0.420. The van der Waals surface area contributed by atoms with Crippen LogP contribution < -0.4 is 15.5 Å². The van der Waals surface area contributed by atoms with Crippen LogP contribution in [0.25, 0.3) is 0 Å². The highest BCUT2D eigenvalue weighted by atomic mass is 19.3. The van der Waals surface area contributed by atoms with Crippen molar-refractivity contribution in [2.24, 2.45) is 0 Å². The molecule has 2 aromatic carbocycles. The number of nitrogens with zero attached hydrogens (tertiary/aromatic N) is 2. The van der Waals surface area contributed by atoms with Gasteiger partial charge in [0.25, 0.3) is 12.3 Å². The molecule has 2 N–H and O–H groups in total. The fraction of sp³-hybridized carbons (Fsp3) is 0.519. The number of ether oxygens (including phenoxy) is 1. The van der Waals surface area contributed by atoms with Gasteiger partial charge >= 0.3 is 0 Å². The van der Waals surface area contributed by atoms with Gasteiger partial charge in [-0.2, -0.15) is 0 Å². The lowest BCUT2D eigenvalue weighted by Crippen LogP contribution is -2.39. The highest BCUT2D eigenvalue weighted by Gasteiger charge is 2.40. The van der Waals surface area contributed by atoms with Crippen molar-refractivity contribution < 1.29 is 27.1 Å². The lowest BCUT2D eigenvalue weighted by atomic mass is 10.0. The molecule has 200 valence electrons. The molecule has 3 fully saturated rings. The molecule has 0 aliphatic carbocycles. The molecule has 6 nitrogen and oxygen atoms in total. The topological polar surface area (TPSA) is 56.8 Å². The Labute approximate surface area is 214 Å². The Hall–Kier alpha value is -2.85. The first-order valence-electron chi connectivity index (χ1n) is 12.8. The van der Waals surface area contributed by atoms with E-state index in [0.717, 1.165) is 38.4 Å². The molecule has 3 heterocycles. The van der Waals surface area contributed by atoms with E-state index in [2.05, 4.69) is 15.5 Å². The van der Waals surface area contributed by atoms with Crippen molar-refractivity contribution in [2.75, 3.05) is 43.5 Å². The first kappa shape index (κ1) is 25.8. The molecule has 0 unspecified atom stereocenters. The van der Waals surface area contributed by atoms with Crippen molar-refractivity contribution >= 4 is 17.3 Å². The Bertz CT molecular complexity index is 1160. The summed E-state index contributed by atoms with van der Waals surface area (Å²) < 4.78 is 62.2. The van der Waals surface area contributed by atoms with E-state index >= 15 is 4.39 Å². The quantitative estimate of drug-likeness (QED) is 0.510. The Kier molecular flexibility index (Phi) is 7.31. The fourth-order valence-electron chi connectivity index (χ4n) is 5.58. The highest BCUT2D eigenvalue weighted by Crippen LogP contribution is 2.37. The molecule has 1 amide bonds. The molecule has 0 radical (unpaired) electrons. The van der Waals surface area contributed by atoms with E-state index in [1.165, 1.54) is 25.1 Å². The van der Waals surface area contributed by atoms with Crippen molar-refractivity contribution in [3.05, 3.63) is 58.7 Å². The van der Waals surface area contributed by atoms with Gasteiger partial charge in [0.15, 0.2) is 0 Å². The summed E-state index contributed by atoms with van der Waals surface area (Å²) in [4.78, 5) is 17.7. The molecule has 2 aromatic rings. The van der Waals surface area contributed by atoms with Gasteiger partial charge in [0.1, 0.15) is 11.6 Å². The number of rotatable bonds is 7. The number of nitrogens with one attached hydrogen (secondary N) is 2. The molecule has 3 atom stereocenters. The Morgan fingerprint density at radius 3 is 2.51 bits per heavy atom. The molecule has 3 aliphatic heterocycles. The van der Waals surface area contributed by atoms with E-state index in [-0.39, 0.29) is 29.3 Å². The third kappa shape index (κ3) is 5.27. The third-order valence-electron chi connectivity index (χ3n) is 7.73. The number of fused-ring (bicyclic) bond motifs is 2. The van der Waals surface area contributed by atoms with Crippen LogP contribution in [0.3, 0.4) is 0 Å². The maximum absolute atomic E-state index is 15.4. The number of carbonyl (C=O) groups is 1. The number of halogens is 4. The molecule has 5 rings (SSSR count). The molecule has 3 saturated heterocycles. The predicted molar refractivity (Wildman–Crippen MR) is 133 cm³/mol. The highest BCUT2D eigenvalue weighted by molar-refractivity contribution is 6.01. The van der Waals surface area contributed by atoms with Crippen LogP contribution in [-0.2, 0) is 4.74 Å². The third-order valence-corrected chi connectivity index (χ3v) is 7.73. The summed E-state index contributed by atoms with van der Waals surface area (Å²) in [5.41, 5.74) is 0.179. The summed E-state index contributed by atoms with van der Waals surface area (Å²) >= 11 is 0. The average Bonchev–Trinajstić information content (AvgIpc) is 3.49. The summed E-state index contributed by atoms with van der Waals surface area (Å²) in [5, 5.41) is 6.09. The van der Waals surface area contributed by atoms with Crippen molar-refractivity contribution in [2.45, 2.75) is 56.8 Å². The van der Waals surface area contributed by atoms with Gasteiger partial charge < -0.3 is 25.2 Å². The zero-order valence-electron chi connectivity index (χ0n) is 20.9. The number of morpholine rings is 1. The smallest absolute Gasteiger partial charge is 0.266 e. The lowest BCUT2D eigenvalue weighted by molar-refractivity contribution is 0.0940. The Balaban J connectivity index is 1.44. The van der Waals surface area contributed by atoms with Gasteiger partial charge in [-0.25, -0.2) is 17.6 Å². The molecule has 10 heteroatoms. The Morgan fingerprint density at radius 2 is 1.86 bits per heavy atom. The number of likely N-dealkylation sites (tertiary alicyclic amines) is 1. The second-order valence-corrected chi connectivity index (χ2v) is 10.3. The van der Waals surface area contributed by atoms with Gasteiger partial charge in [0.05, 0.1) is 47.3 Å². The number of anilines is 2. The van der Waals surface area contributed by atoms with Gasteiger partial charge in [-0.1, -0.05) is 18.2 Å². The first-order valence-corrected chi connectivity index (χ1v) is 12.8. The second-order valence-electron chi connectivity index (χ2n) is 10.3. The van der Waals surface area contributed by atoms with Gasteiger partial charge in [-0.3, -0.25) is 4.79 Å². The molecule has 3 aliphatic rings. The van der Waals surface area contributed by atoms with Gasteiger partial charge in [0.2, 0.25) is 0 Å². The zero-order valence-corrected chi connectivity index (χ0v) is 20.9. The van der Waals surface area contributed by atoms with E-state index in [1.807, 2.05) is 11.9 Å². The second kappa shape index (κ2) is 10.5. The number of hydrogen-bond donors (Lipinski definition) is 2. The minimum atomic E-state index is -2.97. The van der Waals surface area contributed by atoms with Gasteiger partial charge in [-0.15, -0.1) is 0 Å². The van der Waals surface area contributed by atoms with Crippen LogP contribution >= 0.6 is 0 Å². The van der Waals surface area contributed by atoms with Crippen molar-refractivity contribution in [3.8, 4) is 0 Å². The van der Waals surface area contributed by atoms with Crippen LogP contribution in [0.2, 0.25) is 0 Å². The van der Waals surface area contributed by atoms with Crippen molar-refractivity contribution in [1.82, 2.24) is 10.2 Å². The summed E-state index contributed by atoms with van der Waals surface area (Å²) in [5.74, 6) is -2.00. The maximum atomic E-state index is 15.4. The number of alkyl halides is 2. The molecule has 0 spiro atoms. The predicted octanol–water partition coefficient (Wildman–Crippen LogP) is 4.88. The molecule has 2 bridgehead atoms. The SMILES string of the molecule is C[C@@H](NC(=O)c1cc(N2C[C@@H]3C[C@H]2CO3)c(F)cc1NC1CCN(C)CC1)c1cccc(C(F)F)c1F. The molecule has 0 saturated carbocycles. The monoisotopic (exact) mass is 520 g/mol. The maximum Gasteiger partial charge on any atom is 0.266 e.